The molecule has 1 aliphatic carbocycles. The van der Waals surface area contributed by atoms with E-state index in [2.05, 4.69) is 20.2 Å². The van der Waals surface area contributed by atoms with E-state index >= 15 is 0 Å². The number of para-hydroxylation sites is 1. The van der Waals surface area contributed by atoms with Crippen LogP contribution in [-0.4, -0.2) is 25.0 Å². The number of hydrogen-bond donors (Lipinski definition) is 0. The van der Waals surface area contributed by atoms with E-state index in [1.54, 1.807) is 11.0 Å². The van der Waals surface area contributed by atoms with Crippen molar-refractivity contribution in [3.63, 3.8) is 0 Å². The number of fused-ring (bicyclic) bond motifs is 1. The van der Waals surface area contributed by atoms with Crippen LogP contribution in [0.1, 0.15) is 17.7 Å². The molecule has 2 aromatic heterocycles. The highest BCUT2D eigenvalue weighted by atomic mass is 35.5. The van der Waals surface area contributed by atoms with E-state index in [9.17, 15) is 0 Å². The fraction of sp³-hybridized carbons (Fsp3) is 0.200. The van der Waals surface area contributed by atoms with Crippen LogP contribution in [0.25, 0.3) is 17.2 Å². The molecular formula is C15H12ClN5. The molecule has 0 fully saturated rings. The highest BCUT2D eigenvalue weighted by Crippen LogP contribution is 2.28. The van der Waals surface area contributed by atoms with Gasteiger partial charge in [-0.1, -0.05) is 29.8 Å². The lowest BCUT2D eigenvalue weighted by molar-refractivity contribution is 0.752. The lowest BCUT2D eigenvalue weighted by atomic mass is 10.2. The number of halogens is 1. The maximum absolute atomic E-state index is 6.24. The van der Waals surface area contributed by atoms with E-state index in [0.29, 0.717) is 16.7 Å². The smallest absolute Gasteiger partial charge is 0.183 e. The first-order valence-corrected chi connectivity index (χ1v) is 7.22. The van der Waals surface area contributed by atoms with Crippen LogP contribution in [0.2, 0.25) is 5.15 Å². The number of aromatic nitrogens is 5. The fourth-order valence-electron chi connectivity index (χ4n) is 2.55. The minimum atomic E-state index is 0.543. The van der Waals surface area contributed by atoms with E-state index in [4.69, 9.17) is 11.6 Å². The summed E-state index contributed by atoms with van der Waals surface area (Å²) < 4.78 is 0. The van der Waals surface area contributed by atoms with E-state index in [1.807, 2.05) is 30.3 Å². The van der Waals surface area contributed by atoms with Crippen LogP contribution in [0.3, 0.4) is 0 Å². The van der Waals surface area contributed by atoms with Gasteiger partial charge in [0.15, 0.2) is 11.5 Å². The molecule has 1 aliphatic rings. The third-order valence-corrected chi connectivity index (χ3v) is 3.90. The van der Waals surface area contributed by atoms with Crippen LogP contribution in [0, 0.1) is 0 Å². The summed E-state index contributed by atoms with van der Waals surface area (Å²) in [5.74, 6) is 0.544. The molecule has 104 valence electrons. The van der Waals surface area contributed by atoms with Gasteiger partial charge in [0.05, 0.1) is 11.9 Å². The third-order valence-electron chi connectivity index (χ3n) is 3.59. The van der Waals surface area contributed by atoms with Crippen LogP contribution in [0.4, 0.5) is 0 Å². The molecule has 4 rings (SSSR count). The van der Waals surface area contributed by atoms with Crippen LogP contribution < -0.4 is 0 Å². The summed E-state index contributed by atoms with van der Waals surface area (Å²) in [5, 5.41) is 9.25. The maximum atomic E-state index is 6.24. The fourth-order valence-corrected chi connectivity index (χ4v) is 2.84. The van der Waals surface area contributed by atoms with Crippen LogP contribution >= 0.6 is 11.6 Å². The number of hydrogen-bond acceptors (Lipinski definition) is 4. The minimum Gasteiger partial charge on any atom is -0.231 e. The Morgan fingerprint density at radius 3 is 2.76 bits per heavy atom. The SMILES string of the molecule is Clc1nc(-c2cnn(-c3ccccc3)n2)nc2c1CCC2. The normalized spacial score (nSPS) is 13.4. The molecule has 0 amide bonds. The van der Waals surface area contributed by atoms with Gasteiger partial charge in [-0.15, -0.1) is 5.10 Å². The Labute approximate surface area is 126 Å². The molecule has 0 bridgehead atoms. The Balaban J connectivity index is 1.75. The van der Waals surface area contributed by atoms with Gasteiger partial charge in [0, 0.05) is 11.3 Å². The topological polar surface area (TPSA) is 56.5 Å². The number of aryl methyl sites for hydroxylation is 1. The average Bonchev–Trinajstić information content (AvgIpc) is 3.17. The third kappa shape index (κ3) is 2.19. The van der Waals surface area contributed by atoms with Crippen LogP contribution in [-0.2, 0) is 12.8 Å². The lowest BCUT2D eigenvalue weighted by Crippen LogP contribution is -2.00. The second-order valence-electron chi connectivity index (χ2n) is 4.97. The summed E-state index contributed by atoms with van der Waals surface area (Å²) in [5.41, 5.74) is 3.65. The molecule has 0 unspecified atom stereocenters. The predicted octanol–water partition coefficient (Wildman–Crippen LogP) is 2.87. The van der Waals surface area contributed by atoms with E-state index < -0.39 is 0 Å². The van der Waals surface area contributed by atoms with Crippen molar-refractivity contribution >= 4 is 11.6 Å². The lowest BCUT2D eigenvalue weighted by Gasteiger charge is -2.03. The second-order valence-corrected chi connectivity index (χ2v) is 5.33. The van der Waals surface area contributed by atoms with Crippen molar-refractivity contribution in [3.05, 3.63) is 52.9 Å². The molecule has 0 aliphatic heterocycles. The summed E-state index contributed by atoms with van der Waals surface area (Å²) in [7, 11) is 0. The monoisotopic (exact) mass is 297 g/mol. The summed E-state index contributed by atoms with van der Waals surface area (Å²) in [6.45, 7) is 0. The molecule has 6 heteroatoms. The van der Waals surface area contributed by atoms with Crippen LogP contribution in [0.15, 0.2) is 36.5 Å². The standard InChI is InChI=1S/C15H12ClN5/c16-14-11-7-4-8-12(11)18-15(19-14)13-9-17-21(20-13)10-5-2-1-3-6-10/h1-3,5-6,9H,4,7-8H2. The summed E-state index contributed by atoms with van der Waals surface area (Å²) in [6.07, 6.45) is 4.67. The molecule has 5 nitrogen and oxygen atoms in total. The zero-order valence-corrected chi connectivity index (χ0v) is 12.0. The Hall–Kier alpha value is -2.27. The van der Waals surface area contributed by atoms with Gasteiger partial charge >= 0.3 is 0 Å². The molecule has 2 heterocycles. The molecule has 0 radical (unpaired) electrons. The largest absolute Gasteiger partial charge is 0.231 e. The molecule has 1 aromatic carbocycles. The molecular weight excluding hydrogens is 286 g/mol. The second kappa shape index (κ2) is 4.93. The molecule has 0 spiro atoms. The first kappa shape index (κ1) is 12.5. The Bertz CT molecular complexity index is 797. The van der Waals surface area contributed by atoms with Gasteiger partial charge in [-0.2, -0.15) is 9.90 Å². The minimum absolute atomic E-state index is 0.543. The van der Waals surface area contributed by atoms with Gasteiger partial charge < -0.3 is 0 Å². The van der Waals surface area contributed by atoms with Crippen molar-refractivity contribution in [1.82, 2.24) is 25.0 Å². The Morgan fingerprint density at radius 2 is 1.90 bits per heavy atom. The molecule has 0 saturated heterocycles. The Morgan fingerprint density at radius 1 is 1.05 bits per heavy atom. The highest BCUT2D eigenvalue weighted by Gasteiger charge is 2.20. The van der Waals surface area contributed by atoms with Gasteiger partial charge in [-0.3, -0.25) is 0 Å². The summed E-state index contributed by atoms with van der Waals surface area (Å²) in [4.78, 5) is 10.5. The van der Waals surface area contributed by atoms with Crippen molar-refractivity contribution in [2.45, 2.75) is 19.3 Å². The summed E-state index contributed by atoms with van der Waals surface area (Å²) >= 11 is 6.24. The van der Waals surface area contributed by atoms with Crippen molar-refractivity contribution in [3.8, 4) is 17.2 Å². The molecule has 0 N–H and O–H groups in total. The van der Waals surface area contributed by atoms with E-state index in [-0.39, 0.29) is 0 Å². The zero-order chi connectivity index (χ0) is 14.2. The number of nitrogens with zero attached hydrogens (tertiary/aromatic N) is 5. The maximum Gasteiger partial charge on any atom is 0.183 e. The first-order valence-electron chi connectivity index (χ1n) is 6.85. The first-order chi connectivity index (χ1) is 10.3. The van der Waals surface area contributed by atoms with Crippen molar-refractivity contribution in [2.75, 3.05) is 0 Å². The van der Waals surface area contributed by atoms with Gasteiger partial charge in [-0.05, 0) is 31.4 Å². The predicted molar refractivity (Wildman–Crippen MR) is 79.4 cm³/mol. The van der Waals surface area contributed by atoms with Crippen LogP contribution in [0.5, 0.6) is 0 Å². The van der Waals surface area contributed by atoms with Crippen molar-refractivity contribution < 1.29 is 0 Å². The van der Waals surface area contributed by atoms with Crippen molar-refractivity contribution in [2.24, 2.45) is 0 Å². The molecule has 0 atom stereocenters. The van der Waals surface area contributed by atoms with Gasteiger partial charge in [0.25, 0.3) is 0 Å². The van der Waals surface area contributed by atoms with Crippen molar-refractivity contribution in [1.29, 1.82) is 0 Å². The molecule has 3 aromatic rings. The zero-order valence-electron chi connectivity index (χ0n) is 11.2. The average molecular weight is 298 g/mol. The molecule has 21 heavy (non-hydrogen) atoms. The highest BCUT2D eigenvalue weighted by molar-refractivity contribution is 6.30. The van der Waals surface area contributed by atoms with E-state index in [0.717, 1.165) is 36.2 Å². The number of rotatable bonds is 2. The molecule has 0 saturated carbocycles. The number of benzene rings is 1. The Kier molecular flexibility index (Phi) is 2.93. The summed E-state index contributed by atoms with van der Waals surface area (Å²) in [6, 6.07) is 9.74. The van der Waals surface area contributed by atoms with Gasteiger partial charge in [0.2, 0.25) is 0 Å². The van der Waals surface area contributed by atoms with Gasteiger partial charge in [-0.25, -0.2) is 9.97 Å². The van der Waals surface area contributed by atoms with Gasteiger partial charge in [0.1, 0.15) is 5.15 Å². The van der Waals surface area contributed by atoms with E-state index in [1.165, 1.54) is 0 Å². The quantitative estimate of drug-likeness (QED) is 0.683.